The minimum atomic E-state index is 0.106. The monoisotopic (exact) mass is 285 g/mol. The predicted octanol–water partition coefficient (Wildman–Crippen LogP) is 3.63. The van der Waals surface area contributed by atoms with Crippen molar-refractivity contribution in [3.8, 4) is 11.5 Å². The van der Waals surface area contributed by atoms with Crippen LogP contribution in [0.5, 0.6) is 11.5 Å². The van der Waals surface area contributed by atoms with E-state index in [0.717, 1.165) is 17.1 Å². The highest BCUT2D eigenvalue weighted by atomic mass is 16.5. The van der Waals surface area contributed by atoms with Crippen molar-refractivity contribution in [3.63, 3.8) is 0 Å². The highest BCUT2D eigenvalue weighted by Gasteiger charge is 2.16. The van der Waals surface area contributed by atoms with Gasteiger partial charge in [0.25, 0.3) is 0 Å². The zero-order chi connectivity index (χ0) is 15.4. The molecule has 0 radical (unpaired) electrons. The molecule has 0 amide bonds. The smallest absolute Gasteiger partial charge is 0.122 e. The molecule has 2 aromatic carbocycles. The summed E-state index contributed by atoms with van der Waals surface area (Å²) in [6.07, 6.45) is 0. The van der Waals surface area contributed by atoms with Crippen molar-refractivity contribution >= 4 is 0 Å². The average Bonchev–Trinajstić information content (AvgIpc) is 2.49. The van der Waals surface area contributed by atoms with Gasteiger partial charge in [0, 0.05) is 6.07 Å². The molecule has 0 bridgehead atoms. The van der Waals surface area contributed by atoms with Crippen molar-refractivity contribution in [1.29, 1.82) is 0 Å². The van der Waals surface area contributed by atoms with Crippen molar-refractivity contribution in [1.82, 2.24) is 5.32 Å². The van der Waals surface area contributed by atoms with Crippen molar-refractivity contribution < 1.29 is 9.47 Å². The summed E-state index contributed by atoms with van der Waals surface area (Å²) >= 11 is 0. The van der Waals surface area contributed by atoms with Gasteiger partial charge in [0.1, 0.15) is 11.5 Å². The number of rotatable bonds is 5. The molecule has 0 saturated carbocycles. The topological polar surface area (TPSA) is 30.5 Å². The number of hydrogen-bond donors (Lipinski definition) is 1. The largest absolute Gasteiger partial charge is 0.497 e. The van der Waals surface area contributed by atoms with Gasteiger partial charge < -0.3 is 14.8 Å². The molecule has 0 aliphatic carbocycles. The molecule has 0 saturated heterocycles. The lowest BCUT2D eigenvalue weighted by Gasteiger charge is -2.21. The zero-order valence-electron chi connectivity index (χ0n) is 13.4. The Morgan fingerprint density at radius 3 is 2.00 bits per heavy atom. The summed E-state index contributed by atoms with van der Waals surface area (Å²) in [5, 5.41) is 3.39. The second-order valence-corrected chi connectivity index (χ2v) is 5.23. The fourth-order valence-corrected chi connectivity index (χ4v) is 2.65. The average molecular weight is 285 g/mol. The van der Waals surface area contributed by atoms with Crippen molar-refractivity contribution in [2.24, 2.45) is 0 Å². The van der Waals surface area contributed by atoms with Crippen LogP contribution in [0.2, 0.25) is 0 Å². The molecule has 0 heterocycles. The second kappa shape index (κ2) is 6.64. The Morgan fingerprint density at radius 2 is 1.52 bits per heavy atom. The maximum atomic E-state index is 5.37. The first-order valence-corrected chi connectivity index (χ1v) is 7.06. The molecule has 0 aromatic heterocycles. The van der Waals surface area contributed by atoms with Gasteiger partial charge >= 0.3 is 0 Å². The highest BCUT2D eigenvalue weighted by molar-refractivity contribution is 5.45. The summed E-state index contributed by atoms with van der Waals surface area (Å²) in [7, 11) is 5.31. The molecule has 0 aliphatic heterocycles. The van der Waals surface area contributed by atoms with Crippen LogP contribution in [0.4, 0.5) is 0 Å². The van der Waals surface area contributed by atoms with Gasteiger partial charge in [-0.3, -0.25) is 0 Å². The summed E-state index contributed by atoms with van der Waals surface area (Å²) in [5.41, 5.74) is 4.93. The number of nitrogens with one attached hydrogen (secondary N) is 1. The van der Waals surface area contributed by atoms with Crippen LogP contribution in [-0.2, 0) is 0 Å². The zero-order valence-corrected chi connectivity index (χ0v) is 13.4. The molecular weight excluding hydrogens is 262 g/mol. The van der Waals surface area contributed by atoms with Crippen LogP contribution >= 0.6 is 0 Å². The molecule has 1 unspecified atom stereocenters. The van der Waals surface area contributed by atoms with E-state index >= 15 is 0 Å². The van der Waals surface area contributed by atoms with Crippen LogP contribution in [0, 0.1) is 13.8 Å². The number of methoxy groups -OCH3 is 2. The molecule has 1 N–H and O–H groups in total. The summed E-state index contributed by atoms with van der Waals surface area (Å²) in [6.45, 7) is 4.25. The standard InChI is InChI=1S/C18H23NO2/c1-12-6-7-17(13(2)8-12)18(19-3)14-9-15(20-4)11-16(10-14)21-5/h6-11,18-19H,1-5H3. The summed E-state index contributed by atoms with van der Waals surface area (Å²) in [4.78, 5) is 0. The van der Waals surface area contributed by atoms with Crippen LogP contribution in [0.25, 0.3) is 0 Å². The summed E-state index contributed by atoms with van der Waals surface area (Å²) < 4.78 is 10.7. The van der Waals surface area contributed by atoms with E-state index in [9.17, 15) is 0 Å². The molecule has 2 rings (SSSR count). The van der Waals surface area contributed by atoms with Gasteiger partial charge in [-0.2, -0.15) is 0 Å². The summed E-state index contributed by atoms with van der Waals surface area (Å²) in [5.74, 6) is 1.60. The minimum Gasteiger partial charge on any atom is -0.497 e. The molecule has 3 nitrogen and oxygen atoms in total. The minimum absolute atomic E-state index is 0.106. The van der Waals surface area contributed by atoms with E-state index in [0.29, 0.717) is 0 Å². The van der Waals surface area contributed by atoms with Crippen molar-refractivity contribution in [2.45, 2.75) is 19.9 Å². The number of benzene rings is 2. The molecular formula is C18H23NO2. The molecule has 0 fully saturated rings. The third-order valence-electron chi connectivity index (χ3n) is 3.73. The molecule has 0 spiro atoms. The predicted molar refractivity (Wildman–Crippen MR) is 86.4 cm³/mol. The van der Waals surface area contributed by atoms with Gasteiger partial charge in [0.05, 0.1) is 20.3 Å². The molecule has 3 heteroatoms. The van der Waals surface area contributed by atoms with Gasteiger partial charge in [0.15, 0.2) is 0 Å². The molecule has 112 valence electrons. The van der Waals surface area contributed by atoms with E-state index < -0.39 is 0 Å². The summed E-state index contributed by atoms with van der Waals surface area (Å²) in [6, 6.07) is 12.6. The molecule has 2 aromatic rings. The first-order chi connectivity index (χ1) is 10.1. The Balaban J connectivity index is 2.50. The van der Waals surface area contributed by atoms with Gasteiger partial charge in [-0.05, 0) is 49.7 Å². The molecule has 21 heavy (non-hydrogen) atoms. The van der Waals surface area contributed by atoms with Crippen LogP contribution in [0.15, 0.2) is 36.4 Å². The first-order valence-electron chi connectivity index (χ1n) is 7.06. The SMILES string of the molecule is CNC(c1cc(OC)cc(OC)c1)c1ccc(C)cc1C. The lowest BCUT2D eigenvalue weighted by Crippen LogP contribution is -2.19. The maximum absolute atomic E-state index is 5.37. The lowest BCUT2D eigenvalue weighted by atomic mass is 9.93. The number of aryl methyl sites for hydroxylation is 2. The molecule has 0 aliphatic rings. The first kappa shape index (κ1) is 15.4. The Kier molecular flexibility index (Phi) is 4.86. The molecule has 1 atom stereocenters. The Bertz CT molecular complexity index is 600. The quantitative estimate of drug-likeness (QED) is 0.910. The number of hydrogen-bond acceptors (Lipinski definition) is 3. The Morgan fingerprint density at radius 1 is 0.905 bits per heavy atom. The van der Waals surface area contributed by atoms with Gasteiger partial charge in [-0.1, -0.05) is 23.8 Å². The van der Waals surface area contributed by atoms with Gasteiger partial charge in [-0.15, -0.1) is 0 Å². The lowest BCUT2D eigenvalue weighted by molar-refractivity contribution is 0.392. The third-order valence-corrected chi connectivity index (χ3v) is 3.73. The second-order valence-electron chi connectivity index (χ2n) is 5.23. The number of ether oxygens (including phenoxy) is 2. The fraction of sp³-hybridized carbons (Fsp3) is 0.333. The maximum Gasteiger partial charge on any atom is 0.122 e. The van der Waals surface area contributed by atoms with E-state index in [4.69, 9.17) is 9.47 Å². The Hall–Kier alpha value is -2.00. The van der Waals surface area contributed by atoms with E-state index in [-0.39, 0.29) is 6.04 Å². The normalized spacial score (nSPS) is 12.0. The van der Waals surface area contributed by atoms with Gasteiger partial charge in [0.2, 0.25) is 0 Å². The fourth-order valence-electron chi connectivity index (χ4n) is 2.65. The van der Waals surface area contributed by atoms with Crippen LogP contribution < -0.4 is 14.8 Å². The van der Waals surface area contributed by atoms with E-state index in [1.54, 1.807) is 14.2 Å². The van der Waals surface area contributed by atoms with E-state index in [1.165, 1.54) is 16.7 Å². The highest BCUT2D eigenvalue weighted by Crippen LogP contribution is 2.31. The van der Waals surface area contributed by atoms with Crippen LogP contribution in [0.3, 0.4) is 0 Å². The van der Waals surface area contributed by atoms with Crippen LogP contribution in [0.1, 0.15) is 28.3 Å². The van der Waals surface area contributed by atoms with Crippen molar-refractivity contribution in [2.75, 3.05) is 21.3 Å². The van der Waals surface area contributed by atoms with E-state index in [2.05, 4.69) is 37.4 Å². The van der Waals surface area contributed by atoms with E-state index in [1.807, 2.05) is 25.2 Å². The third kappa shape index (κ3) is 3.37. The van der Waals surface area contributed by atoms with Crippen LogP contribution in [-0.4, -0.2) is 21.3 Å². The Labute approximate surface area is 126 Å². The van der Waals surface area contributed by atoms with Gasteiger partial charge in [-0.25, -0.2) is 0 Å². The van der Waals surface area contributed by atoms with Crippen molar-refractivity contribution in [3.05, 3.63) is 58.7 Å².